The molecule has 72 heavy (non-hydrogen) atoms. The van der Waals surface area contributed by atoms with Crippen molar-refractivity contribution < 1.29 is 76.7 Å². The van der Waals surface area contributed by atoms with Crippen LogP contribution in [0.15, 0.2) is 60.7 Å². The number of nitrogens with one attached hydrogen (secondary N) is 2. The van der Waals surface area contributed by atoms with Gasteiger partial charge in [0.05, 0.1) is 0 Å². The van der Waals surface area contributed by atoms with Gasteiger partial charge in [-0.15, -0.1) is 0 Å². The summed E-state index contributed by atoms with van der Waals surface area (Å²) in [5, 5.41) is 14.3. The smallest absolute Gasteiger partial charge is 0.413 e. The number of aliphatic carboxylic acids is 1. The first-order chi connectivity index (χ1) is 33.5. The molecule has 2 aromatic rings. The Kier molecular flexibility index (Phi) is 19.4. The highest BCUT2D eigenvalue weighted by Gasteiger charge is 2.54. The first kappa shape index (κ1) is 57.8. The molecule has 0 spiro atoms. The predicted molar refractivity (Wildman–Crippen MR) is 258 cm³/mol. The SMILES string of the molecule is CC(C)(C)OC(=O)NC1(C)CCC2CCC(C(=O)O)N2C1=O.CCC1(CCC(=O)C(CC(NC(=O)OCc2ccccc2)C(=O)OC(C)(C)C)C(=O)OCc2ccccc2)C(=O)OCN1C(=O)OC(C)(C)C. The summed E-state index contributed by atoms with van der Waals surface area (Å²) in [7, 11) is 0. The van der Waals surface area contributed by atoms with Crippen molar-refractivity contribution in [2.75, 3.05) is 6.73 Å². The van der Waals surface area contributed by atoms with E-state index in [1.54, 1.807) is 131 Å². The van der Waals surface area contributed by atoms with Crippen molar-refractivity contribution in [2.45, 2.75) is 187 Å². The molecule has 0 radical (unpaired) electrons. The standard InChI is InChI=1S/C37H48N2O11.C15H24N2O5/c1-8-37(32(43)48-24-39(37)34(45)50-36(5,6)7)20-19-29(40)27(30(41)46-22-25-15-11-9-12-16-25)21-28(31(42)49-35(2,3)4)38-33(44)47-23-26-17-13-10-14-18-26;1-14(2,3)22-13(21)16-15(4)8-7-9-5-6-10(11(18)19)17(9)12(15)20/h9-18,27-28H,8,19-24H2,1-7H3,(H,38,44);9-10H,5-8H2,1-4H3,(H,16,21)(H,18,19). The highest BCUT2D eigenvalue weighted by atomic mass is 16.6. The van der Waals surface area contributed by atoms with E-state index in [9.17, 15) is 48.3 Å². The monoisotopic (exact) mass is 1010 g/mol. The van der Waals surface area contributed by atoms with Gasteiger partial charge in [0.2, 0.25) is 5.91 Å². The van der Waals surface area contributed by atoms with E-state index in [0.29, 0.717) is 36.8 Å². The third kappa shape index (κ3) is 16.4. The molecule has 3 fully saturated rings. The van der Waals surface area contributed by atoms with Crippen LogP contribution >= 0.6 is 0 Å². The molecule has 2 aromatic carbocycles. The maximum Gasteiger partial charge on any atom is 0.413 e. The lowest BCUT2D eigenvalue weighted by molar-refractivity contribution is -0.159. The molecule has 3 heterocycles. The molecule has 396 valence electrons. The quantitative estimate of drug-likeness (QED) is 0.0858. The Morgan fingerprint density at radius 3 is 1.83 bits per heavy atom. The molecule has 0 saturated carbocycles. The number of esters is 3. The fourth-order valence-electron chi connectivity index (χ4n) is 8.42. The Hall–Kier alpha value is -6.73. The Bertz CT molecular complexity index is 2270. The maximum absolute atomic E-state index is 14.0. The maximum atomic E-state index is 14.0. The third-order valence-electron chi connectivity index (χ3n) is 12.0. The van der Waals surface area contributed by atoms with Crippen LogP contribution in [0.3, 0.4) is 0 Å². The number of carboxylic acid groups (broad SMARTS) is 1. The number of benzene rings is 2. The molecule has 20 nitrogen and oxygen atoms in total. The highest BCUT2D eigenvalue weighted by molar-refractivity contribution is 6.00. The molecule has 6 unspecified atom stereocenters. The number of ether oxygens (including phenoxy) is 6. The van der Waals surface area contributed by atoms with Gasteiger partial charge in [-0.2, -0.15) is 0 Å². The van der Waals surface area contributed by atoms with Gasteiger partial charge in [-0.1, -0.05) is 67.6 Å². The minimum absolute atomic E-state index is 0.0397. The summed E-state index contributed by atoms with van der Waals surface area (Å²) >= 11 is 0. The summed E-state index contributed by atoms with van der Waals surface area (Å²) in [6, 6.07) is 15.3. The minimum Gasteiger partial charge on any atom is -0.480 e. The minimum atomic E-state index is -1.58. The number of carbonyl (C=O) groups is 9. The van der Waals surface area contributed by atoms with Gasteiger partial charge in [0.15, 0.2) is 6.73 Å². The third-order valence-corrected chi connectivity index (χ3v) is 12.0. The van der Waals surface area contributed by atoms with Crippen LogP contribution in [0.2, 0.25) is 0 Å². The lowest BCUT2D eigenvalue weighted by Gasteiger charge is -2.43. The zero-order valence-electron chi connectivity index (χ0n) is 43.3. The second-order valence-corrected chi connectivity index (χ2v) is 21.3. The van der Waals surface area contributed by atoms with E-state index in [1.165, 1.54) is 4.90 Å². The number of carboxylic acids is 1. The lowest BCUT2D eigenvalue weighted by Crippen LogP contribution is -2.64. The second kappa shape index (κ2) is 24.1. The van der Waals surface area contributed by atoms with Crippen molar-refractivity contribution in [1.29, 1.82) is 0 Å². The van der Waals surface area contributed by atoms with Crippen molar-refractivity contribution in [3.05, 3.63) is 71.8 Å². The Morgan fingerprint density at radius 1 is 0.750 bits per heavy atom. The number of fused-ring (bicyclic) bond motifs is 1. The second-order valence-electron chi connectivity index (χ2n) is 21.3. The van der Waals surface area contributed by atoms with E-state index < -0.39 is 100 Å². The normalized spacial score (nSPS) is 21.6. The molecule has 0 aromatic heterocycles. The van der Waals surface area contributed by atoms with Crippen LogP contribution in [-0.2, 0) is 70.4 Å². The van der Waals surface area contributed by atoms with Crippen LogP contribution in [0, 0.1) is 5.92 Å². The molecule has 20 heteroatoms. The van der Waals surface area contributed by atoms with Gasteiger partial charge in [-0.25, -0.2) is 28.8 Å². The zero-order chi connectivity index (χ0) is 53.8. The van der Waals surface area contributed by atoms with Crippen LogP contribution in [0.4, 0.5) is 14.4 Å². The van der Waals surface area contributed by atoms with E-state index in [1.807, 2.05) is 6.07 Å². The number of piperidine rings is 1. The molecule has 6 atom stereocenters. The van der Waals surface area contributed by atoms with Crippen molar-refractivity contribution >= 4 is 53.8 Å². The predicted octanol–water partition coefficient (Wildman–Crippen LogP) is 7.13. The first-order valence-corrected chi connectivity index (χ1v) is 24.2. The molecule has 0 aliphatic carbocycles. The summed E-state index contributed by atoms with van der Waals surface area (Å²) in [5.41, 5.74) is -3.79. The number of cyclic esters (lactones) is 1. The Balaban J connectivity index is 0.000000424. The average Bonchev–Trinajstić information content (AvgIpc) is 3.87. The summed E-state index contributed by atoms with van der Waals surface area (Å²) in [5.74, 6) is -6.15. The van der Waals surface area contributed by atoms with Crippen LogP contribution < -0.4 is 10.6 Å². The zero-order valence-corrected chi connectivity index (χ0v) is 43.3. The van der Waals surface area contributed by atoms with E-state index in [4.69, 9.17) is 28.4 Å². The van der Waals surface area contributed by atoms with E-state index in [2.05, 4.69) is 10.6 Å². The molecule has 3 aliphatic rings. The molecule has 4 amide bonds. The summed E-state index contributed by atoms with van der Waals surface area (Å²) in [4.78, 5) is 119. The number of hydrogen-bond donors (Lipinski definition) is 3. The van der Waals surface area contributed by atoms with Crippen LogP contribution in [-0.4, -0.2) is 121 Å². The van der Waals surface area contributed by atoms with Crippen LogP contribution in [0.25, 0.3) is 0 Å². The average molecular weight is 1010 g/mol. The van der Waals surface area contributed by atoms with Gasteiger partial charge >= 0.3 is 42.2 Å². The van der Waals surface area contributed by atoms with Gasteiger partial charge in [0.25, 0.3) is 0 Å². The Morgan fingerprint density at radius 2 is 1.31 bits per heavy atom. The summed E-state index contributed by atoms with van der Waals surface area (Å²) in [6.07, 6.45) is -1.11. The molecule has 5 rings (SSSR count). The van der Waals surface area contributed by atoms with Gasteiger partial charge < -0.3 is 49.1 Å². The summed E-state index contributed by atoms with van der Waals surface area (Å²) < 4.78 is 32.3. The number of ketones is 1. The molecule has 0 bridgehead atoms. The number of carbonyl (C=O) groups excluding carboxylic acids is 8. The number of Topliss-reactive ketones (excluding diaryl/α,β-unsaturated/α-hetero) is 1. The lowest BCUT2D eigenvalue weighted by atomic mass is 9.85. The van der Waals surface area contributed by atoms with Gasteiger partial charge in [-0.05, 0) is 125 Å². The van der Waals surface area contributed by atoms with Crippen LogP contribution in [0.1, 0.15) is 139 Å². The van der Waals surface area contributed by atoms with Crippen molar-refractivity contribution in [1.82, 2.24) is 20.4 Å². The topological polar surface area (TPSA) is 260 Å². The van der Waals surface area contributed by atoms with Crippen molar-refractivity contribution in [3.8, 4) is 0 Å². The summed E-state index contributed by atoms with van der Waals surface area (Å²) in [6.45, 7) is 17.8. The number of alkyl carbamates (subject to hydrolysis) is 2. The van der Waals surface area contributed by atoms with Gasteiger partial charge in [0.1, 0.15) is 64.9 Å². The fourth-order valence-corrected chi connectivity index (χ4v) is 8.42. The van der Waals surface area contributed by atoms with Gasteiger partial charge in [0, 0.05) is 12.5 Å². The molecular formula is C52H72N4O16. The van der Waals surface area contributed by atoms with Crippen LogP contribution in [0.5, 0.6) is 0 Å². The molecule has 3 saturated heterocycles. The van der Waals surface area contributed by atoms with Crippen molar-refractivity contribution in [2.24, 2.45) is 5.92 Å². The van der Waals surface area contributed by atoms with Gasteiger partial charge in [-0.3, -0.25) is 19.3 Å². The van der Waals surface area contributed by atoms with E-state index >= 15 is 0 Å². The highest BCUT2D eigenvalue weighted by Crippen LogP contribution is 2.37. The molecule has 3 aliphatic heterocycles. The fraction of sp³-hybridized carbons (Fsp3) is 0.596. The largest absolute Gasteiger partial charge is 0.480 e. The number of rotatable bonds is 16. The van der Waals surface area contributed by atoms with Crippen molar-refractivity contribution in [3.63, 3.8) is 0 Å². The number of amides is 4. The number of hydrogen-bond acceptors (Lipinski definition) is 15. The van der Waals surface area contributed by atoms with E-state index in [-0.39, 0.29) is 51.2 Å². The molecule has 3 N–H and O–H groups in total. The first-order valence-electron chi connectivity index (χ1n) is 24.2. The number of nitrogens with zero attached hydrogens (tertiary/aromatic N) is 2. The van der Waals surface area contributed by atoms with E-state index in [0.717, 1.165) is 4.90 Å². The molecular weight excluding hydrogens is 937 g/mol. The Labute approximate surface area is 421 Å².